The first kappa shape index (κ1) is 20.7. The Hall–Kier alpha value is -1.99. The van der Waals surface area contributed by atoms with Crippen LogP contribution in [0.4, 0.5) is 0 Å². The predicted molar refractivity (Wildman–Crippen MR) is 109 cm³/mol. The molecule has 1 aromatic carbocycles. The second-order valence-electron chi connectivity index (χ2n) is 7.97. The highest BCUT2D eigenvalue weighted by Gasteiger charge is 2.33. The van der Waals surface area contributed by atoms with Gasteiger partial charge in [0.2, 0.25) is 10.0 Å². The molecule has 0 aliphatic carbocycles. The van der Waals surface area contributed by atoms with Crippen LogP contribution in [0.1, 0.15) is 52.6 Å². The number of sulfonamides is 1. The number of aryl methyl sites for hydroxylation is 3. The lowest BCUT2D eigenvalue weighted by Crippen LogP contribution is -2.38. The van der Waals surface area contributed by atoms with Crippen LogP contribution in [-0.2, 0) is 16.6 Å². The minimum absolute atomic E-state index is 0.0295. The summed E-state index contributed by atoms with van der Waals surface area (Å²) >= 11 is 0. The zero-order chi connectivity index (χ0) is 20.6. The van der Waals surface area contributed by atoms with Gasteiger partial charge in [-0.1, -0.05) is 19.1 Å². The van der Waals surface area contributed by atoms with E-state index in [-0.39, 0.29) is 17.2 Å². The third-order valence-electron chi connectivity index (χ3n) is 5.78. The minimum Gasteiger partial charge on any atom is -0.292 e. The van der Waals surface area contributed by atoms with Crippen molar-refractivity contribution < 1.29 is 13.2 Å². The molecule has 2 aromatic rings. The fraction of sp³-hybridized carbons (Fsp3) is 0.524. The first-order valence-electron chi connectivity index (χ1n) is 9.76. The molecule has 1 fully saturated rings. The number of aromatic nitrogens is 2. The van der Waals surface area contributed by atoms with E-state index in [9.17, 15) is 13.2 Å². The summed E-state index contributed by atoms with van der Waals surface area (Å²) in [4.78, 5) is 13.0. The number of piperidine rings is 1. The Balaban J connectivity index is 1.87. The Morgan fingerprint density at radius 1 is 1.11 bits per heavy atom. The quantitative estimate of drug-likeness (QED) is 0.717. The lowest BCUT2D eigenvalue weighted by molar-refractivity contribution is 0.0966. The zero-order valence-corrected chi connectivity index (χ0v) is 18.1. The molecule has 0 radical (unpaired) electrons. The van der Waals surface area contributed by atoms with Crippen molar-refractivity contribution in [2.24, 2.45) is 5.92 Å². The van der Waals surface area contributed by atoms with E-state index in [0.29, 0.717) is 36.0 Å². The van der Waals surface area contributed by atoms with E-state index in [1.807, 2.05) is 32.0 Å². The summed E-state index contributed by atoms with van der Waals surface area (Å²) in [5.74, 6) is 0.469. The number of benzene rings is 1. The summed E-state index contributed by atoms with van der Waals surface area (Å²) in [6.07, 6.45) is 1.74. The van der Waals surface area contributed by atoms with E-state index >= 15 is 0 Å². The molecule has 6 nitrogen and oxygen atoms in total. The molecule has 0 spiro atoms. The van der Waals surface area contributed by atoms with Gasteiger partial charge < -0.3 is 0 Å². The average molecular weight is 404 g/mol. The van der Waals surface area contributed by atoms with Crippen LogP contribution in [0.25, 0.3) is 0 Å². The maximum absolute atomic E-state index is 13.2. The van der Waals surface area contributed by atoms with E-state index < -0.39 is 10.0 Å². The molecule has 1 saturated heterocycles. The Bertz CT molecular complexity index is 1000. The molecule has 7 heteroatoms. The molecule has 28 heavy (non-hydrogen) atoms. The summed E-state index contributed by atoms with van der Waals surface area (Å²) in [5.41, 5.74) is 3.77. The Morgan fingerprint density at radius 2 is 1.75 bits per heavy atom. The second-order valence-corrected chi connectivity index (χ2v) is 9.84. The van der Waals surface area contributed by atoms with Gasteiger partial charge in [-0.15, -0.1) is 0 Å². The Labute approximate surface area is 167 Å². The lowest BCUT2D eigenvalue weighted by Gasteiger charge is -2.29. The standard InChI is InChI=1S/C21H29N3O3S/c1-14-8-10-23(11-9-14)28(26,27)21-17(4)22-24(18(21)5)13-20(25)19-7-6-15(2)16(3)12-19/h6-7,12,14H,8-11,13H2,1-5H3. The van der Waals surface area contributed by atoms with Crippen molar-refractivity contribution >= 4 is 15.8 Å². The van der Waals surface area contributed by atoms with Crippen LogP contribution < -0.4 is 0 Å². The summed E-state index contributed by atoms with van der Waals surface area (Å²) in [5, 5.41) is 4.38. The highest BCUT2D eigenvalue weighted by Crippen LogP contribution is 2.27. The number of hydrogen-bond acceptors (Lipinski definition) is 4. The van der Waals surface area contributed by atoms with Crippen LogP contribution in [0, 0.1) is 33.6 Å². The molecular weight excluding hydrogens is 374 g/mol. The number of hydrogen-bond donors (Lipinski definition) is 0. The van der Waals surface area contributed by atoms with Crippen molar-refractivity contribution in [2.45, 2.75) is 58.9 Å². The second kappa shape index (κ2) is 7.79. The molecule has 0 N–H and O–H groups in total. The SMILES string of the molecule is Cc1ccc(C(=O)Cn2nc(C)c(S(=O)(=O)N3CCC(C)CC3)c2C)cc1C. The number of rotatable bonds is 5. The van der Waals surface area contributed by atoms with Crippen LogP contribution in [0.5, 0.6) is 0 Å². The zero-order valence-electron chi connectivity index (χ0n) is 17.3. The topological polar surface area (TPSA) is 72.3 Å². The molecule has 0 amide bonds. The van der Waals surface area contributed by atoms with E-state index in [1.54, 1.807) is 18.2 Å². The largest absolute Gasteiger partial charge is 0.292 e. The average Bonchev–Trinajstić information content (AvgIpc) is 2.91. The fourth-order valence-electron chi connectivity index (χ4n) is 3.70. The van der Waals surface area contributed by atoms with Gasteiger partial charge in [-0.05, 0) is 63.6 Å². The maximum atomic E-state index is 13.2. The third-order valence-corrected chi connectivity index (χ3v) is 7.93. The summed E-state index contributed by atoms with van der Waals surface area (Å²) in [7, 11) is -3.60. The van der Waals surface area contributed by atoms with Crippen molar-refractivity contribution in [1.82, 2.24) is 14.1 Å². The van der Waals surface area contributed by atoms with Crippen molar-refractivity contribution in [2.75, 3.05) is 13.1 Å². The van der Waals surface area contributed by atoms with Gasteiger partial charge in [-0.25, -0.2) is 8.42 Å². The molecule has 0 saturated carbocycles. The van der Waals surface area contributed by atoms with Gasteiger partial charge in [-0.2, -0.15) is 9.40 Å². The maximum Gasteiger partial charge on any atom is 0.246 e. The number of carbonyl (C=O) groups is 1. The van der Waals surface area contributed by atoms with Crippen molar-refractivity contribution in [3.63, 3.8) is 0 Å². The van der Waals surface area contributed by atoms with Crippen LogP contribution in [0.3, 0.4) is 0 Å². The van der Waals surface area contributed by atoms with Gasteiger partial charge in [0.25, 0.3) is 0 Å². The lowest BCUT2D eigenvalue weighted by atomic mass is 10.0. The van der Waals surface area contributed by atoms with Gasteiger partial charge in [0.1, 0.15) is 11.4 Å². The molecule has 1 aliphatic rings. The molecule has 1 aliphatic heterocycles. The van der Waals surface area contributed by atoms with Crippen LogP contribution in [0.2, 0.25) is 0 Å². The molecule has 152 valence electrons. The highest BCUT2D eigenvalue weighted by atomic mass is 32.2. The van der Waals surface area contributed by atoms with Crippen LogP contribution >= 0.6 is 0 Å². The van der Waals surface area contributed by atoms with Gasteiger partial charge >= 0.3 is 0 Å². The molecule has 0 unspecified atom stereocenters. The fourth-order valence-corrected chi connectivity index (χ4v) is 5.55. The monoisotopic (exact) mass is 403 g/mol. The van der Waals surface area contributed by atoms with E-state index in [4.69, 9.17) is 0 Å². The minimum atomic E-state index is -3.60. The summed E-state index contributed by atoms with van der Waals surface area (Å²) < 4.78 is 29.4. The number of Topliss-reactive ketones (excluding diaryl/α,β-unsaturated/α-hetero) is 1. The van der Waals surface area contributed by atoms with E-state index in [2.05, 4.69) is 12.0 Å². The molecule has 2 heterocycles. The number of nitrogens with zero attached hydrogens (tertiary/aromatic N) is 3. The van der Waals surface area contributed by atoms with Crippen molar-refractivity contribution in [1.29, 1.82) is 0 Å². The van der Waals surface area contributed by atoms with E-state index in [1.165, 1.54) is 4.68 Å². The van der Waals surface area contributed by atoms with Crippen molar-refractivity contribution in [3.05, 3.63) is 46.3 Å². The first-order valence-corrected chi connectivity index (χ1v) is 11.2. The third kappa shape index (κ3) is 3.91. The van der Waals surface area contributed by atoms with Gasteiger partial charge in [0.05, 0.1) is 11.4 Å². The van der Waals surface area contributed by atoms with Gasteiger partial charge in [-0.3, -0.25) is 9.48 Å². The normalized spacial score (nSPS) is 16.5. The number of ketones is 1. The highest BCUT2D eigenvalue weighted by molar-refractivity contribution is 7.89. The summed E-state index contributed by atoms with van der Waals surface area (Å²) in [6, 6.07) is 5.61. The van der Waals surface area contributed by atoms with Crippen molar-refractivity contribution in [3.8, 4) is 0 Å². The molecule has 0 bridgehead atoms. The molecule has 0 atom stereocenters. The molecular formula is C21H29N3O3S. The molecule has 1 aromatic heterocycles. The Kier molecular flexibility index (Phi) is 5.77. The van der Waals surface area contributed by atoms with Gasteiger partial charge in [0, 0.05) is 18.7 Å². The summed E-state index contributed by atoms with van der Waals surface area (Å²) in [6.45, 7) is 10.7. The Morgan fingerprint density at radius 3 is 2.36 bits per heavy atom. The van der Waals surface area contributed by atoms with Crippen LogP contribution in [0.15, 0.2) is 23.1 Å². The van der Waals surface area contributed by atoms with Crippen LogP contribution in [-0.4, -0.2) is 41.4 Å². The van der Waals surface area contributed by atoms with E-state index in [0.717, 1.165) is 24.0 Å². The molecule has 3 rings (SSSR count). The first-order chi connectivity index (χ1) is 13.1. The smallest absolute Gasteiger partial charge is 0.246 e. The predicted octanol–water partition coefficient (Wildman–Crippen LogP) is 3.42. The number of carbonyl (C=O) groups excluding carboxylic acids is 1. The van der Waals surface area contributed by atoms with Gasteiger partial charge in [0.15, 0.2) is 5.78 Å².